The van der Waals surface area contributed by atoms with Gasteiger partial charge in [-0.3, -0.25) is 4.79 Å². The second-order valence-electron chi connectivity index (χ2n) is 7.78. The third kappa shape index (κ3) is 4.06. The number of anilines is 2. The number of aromatic nitrogens is 4. The van der Waals surface area contributed by atoms with Crippen LogP contribution in [0, 0.1) is 19.8 Å². The van der Waals surface area contributed by atoms with E-state index >= 15 is 0 Å². The fourth-order valence-corrected chi connectivity index (χ4v) is 4.17. The van der Waals surface area contributed by atoms with Crippen molar-refractivity contribution in [2.75, 3.05) is 29.4 Å². The third-order valence-corrected chi connectivity index (χ3v) is 5.61. The highest BCUT2D eigenvalue weighted by Gasteiger charge is 2.30. The minimum Gasteiger partial charge on any atom is -0.356 e. The molecule has 0 aliphatic carbocycles. The zero-order valence-corrected chi connectivity index (χ0v) is 17.8. The number of carbonyl (C=O) groups is 1. The fraction of sp³-hybridized carbons (Fsp3) is 0.391. The van der Waals surface area contributed by atoms with Crippen LogP contribution in [0.3, 0.4) is 0 Å². The van der Waals surface area contributed by atoms with E-state index in [-0.39, 0.29) is 11.8 Å². The largest absolute Gasteiger partial charge is 0.356 e. The molecule has 0 radical (unpaired) electrons. The van der Waals surface area contributed by atoms with E-state index in [0.717, 1.165) is 48.1 Å². The molecule has 30 heavy (non-hydrogen) atoms. The van der Waals surface area contributed by atoms with Crippen LogP contribution in [0.2, 0.25) is 0 Å². The van der Waals surface area contributed by atoms with Crippen molar-refractivity contribution in [2.24, 2.45) is 5.92 Å². The lowest BCUT2D eigenvalue weighted by Crippen LogP contribution is -2.45. The SMILES string of the molecule is CCN(C(=O)C1CCCN(c2cc(-n3nc(C)cc3C)ncn2)C1)c1ccccc1. The lowest BCUT2D eigenvalue weighted by atomic mass is 9.96. The molecule has 1 fully saturated rings. The molecule has 7 heteroatoms. The Balaban J connectivity index is 1.53. The highest BCUT2D eigenvalue weighted by molar-refractivity contribution is 5.95. The number of amides is 1. The topological polar surface area (TPSA) is 67.2 Å². The molecule has 3 aromatic rings. The van der Waals surface area contributed by atoms with Gasteiger partial charge in [-0.05, 0) is 51.8 Å². The molecular formula is C23H28N6O. The first-order chi connectivity index (χ1) is 14.6. The Bertz CT molecular complexity index is 1020. The van der Waals surface area contributed by atoms with Crippen LogP contribution in [0.5, 0.6) is 0 Å². The summed E-state index contributed by atoms with van der Waals surface area (Å²) in [6.07, 6.45) is 3.44. The smallest absolute Gasteiger partial charge is 0.231 e. The van der Waals surface area contributed by atoms with E-state index in [2.05, 4.69) is 20.0 Å². The Morgan fingerprint density at radius 1 is 1.13 bits per heavy atom. The highest BCUT2D eigenvalue weighted by Crippen LogP contribution is 2.26. The summed E-state index contributed by atoms with van der Waals surface area (Å²) in [5.74, 6) is 1.72. The van der Waals surface area contributed by atoms with Gasteiger partial charge in [0.05, 0.1) is 11.6 Å². The normalized spacial score (nSPS) is 16.5. The molecule has 1 aliphatic heterocycles. The monoisotopic (exact) mass is 404 g/mol. The first-order valence-electron chi connectivity index (χ1n) is 10.5. The summed E-state index contributed by atoms with van der Waals surface area (Å²) >= 11 is 0. The molecule has 1 unspecified atom stereocenters. The van der Waals surface area contributed by atoms with Crippen molar-refractivity contribution in [1.82, 2.24) is 19.7 Å². The highest BCUT2D eigenvalue weighted by atomic mass is 16.2. The third-order valence-electron chi connectivity index (χ3n) is 5.61. The summed E-state index contributed by atoms with van der Waals surface area (Å²) in [6, 6.07) is 13.9. The fourth-order valence-electron chi connectivity index (χ4n) is 4.17. The average Bonchev–Trinajstić information content (AvgIpc) is 3.13. The number of aryl methyl sites for hydroxylation is 2. The maximum absolute atomic E-state index is 13.3. The molecule has 1 saturated heterocycles. The molecule has 1 aromatic carbocycles. The Kier molecular flexibility index (Phi) is 5.79. The zero-order valence-electron chi connectivity index (χ0n) is 17.8. The van der Waals surface area contributed by atoms with E-state index in [1.54, 1.807) is 6.33 Å². The van der Waals surface area contributed by atoms with Gasteiger partial charge in [-0.2, -0.15) is 5.10 Å². The average molecular weight is 405 g/mol. The summed E-state index contributed by atoms with van der Waals surface area (Å²) in [4.78, 5) is 26.3. The lowest BCUT2D eigenvalue weighted by Gasteiger charge is -2.35. The van der Waals surface area contributed by atoms with Crippen LogP contribution >= 0.6 is 0 Å². The molecule has 2 aromatic heterocycles. The molecule has 4 rings (SSSR count). The van der Waals surface area contributed by atoms with E-state index in [4.69, 9.17) is 0 Å². The lowest BCUT2D eigenvalue weighted by molar-refractivity contribution is -0.122. The minimum absolute atomic E-state index is 0.0500. The van der Waals surface area contributed by atoms with Crippen LogP contribution in [-0.2, 0) is 4.79 Å². The van der Waals surface area contributed by atoms with E-state index in [1.165, 1.54) is 0 Å². The van der Waals surface area contributed by atoms with Gasteiger partial charge in [0.25, 0.3) is 0 Å². The van der Waals surface area contributed by atoms with Gasteiger partial charge in [0, 0.05) is 37.1 Å². The number of piperidine rings is 1. The van der Waals surface area contributed by atoms with Crippen molar-refractivity contribution in [2.45, 2.75) is 33.6 Å². The Morgan fingerprint density at radius 3 is 2.60 bits per heavy atom. The summed E-state index contributed by atoms with van der Waals surface area (Å²) in [5, 5.41) is 4.52. The van der Waals surface area contributed by atoms with Crippen LogP contribution in [0.15, 0.2) is 48.8 Å². The number of para-hydroxylation sites is 1. The van der Waals surface area contributed by atoms with Crippen LogP contribution in [0.4, 0.5) is 11.5 Å². The van der Waals surface area contributed by atoms with Crippen LogP contribution in [0.1, 0.15) is 31.2 Å². The first-order valence-corrected chi connectivity index (χ1v) is 10.5. The number of rotatable bonds is 5. The van der Waals surface area contributed by atoms with Crippen LogP contribution < -0.4 is 9.80 Å². The zero-order chi connectivity index (χ0) is 21.1. The Hall–Kier alpha value is -3.22. The number of nitrogens with zero attached hydrogens (tertiary/aromatic N) is 6. The molecular weight excluding hydrogens is 376 g/mol. The van der Waals surface area contributed by atoms with E-state index in [0.29, 0.717) is 13.1 Å². The number of benzene rings is 1. The van der Waals surface area contributed by atoms with Crippen molar-refractivity contribution < 1.29 is 4.79 Å². The Morgan fingerprint density at radius 2 is 1.90 bits per heavy atom. The number of carbonyl (C=O) groups excluding carboxylic acids is 1. The molecule has 0 saturated carbocycles. The Labute approximate surface area is 177 Å². The molecule has 1 atom stereocenters. The predicted molar refractivity (Wildman–Crippen MR) is 118 cm³/mol. The molecule has 0 spiro atoms. The van der Waals surface area contributed by atoms with Crippen molar-refractivity contribution in [3.8, 4) is 5.82 Å². The van der Waals surface area contributed by atoms with Crippen molar-refractivity contribution >= 4 is 17.4 Å². The van der Waals surface area contributed by atoms with E-state index in [1.807, 2.05) is 72.8 Å². The summed E-state index contributed by atoms with van der Waals surface area (Å²) < 4.78 is 1.83. The second kappa shape index (κ2) is 8.65. The van der Waals surface area contributed by atoms with Crippen molar-refractivity contribution in [3.63, 3.8) is 0 Å². The first kappa shape index (κ1) is 20.1. The van der Waals surface area contributed by atoms with Gasteiger partial charge in [0.15, 0.2) is 5.82 Å². The summed E-state index contributed by atoms with van der Waals surface area (Å²) in [6.45, 7) is 8.22. The van der Waals surface area contributed by atoms with Crippen molar-refractivity contribution in [3.05, 3.63) is 60.2 Å². The number of hydrogen-bond donors (Lipinski definition) is 0. The molecule has 7 nitrogen and oxygen atoms in total. The van der Waals surface area contributed by atoms with Gasteiger partial charge in [-0.1, -0.05) is 18.2 Å². The second-order valence-corrected chi connectivity index (χ2v) is 7.78. The summed E-state index contributed by atoms with van der Waals surface area (Å²) in [5.41, 5.74) is 2.94. The number of hydrogen-bond acceptors (Lipinski definition) is 5. The summed E-state index contributed by atoms with van der Waals surface area (Å²) in [7, 11) is 0. The molecule has 3 heterocycles. The van der Waals surface area contributed by atoms with Gasteiger partial charge >= 0.3 is 0 Å². The van der Waals surface area contributed by atoms with Gasteiger partial charge in [0.2, 0.25) is 5.91 Å². The molecule has 1 amide bonds. The van der Waals surface area contributed by atoms with Gasteiger partial charge < -0.3 is 9.80 Å². The van der Waals surface area contributed by atoms with Gasteiger partial charge in [-0.15, -0.1) is 0 Å². The van der Waals surface area contributed by atoms with Crippen LogP contribution in [-0.4, -0.2) is 45.3 Å². The van der Waals surface area contributed by atoms with E-state index < -0.39 is 0 Å². The molecule has 156 valence electrons. The van der Waals surface area contributed by atoms with Crippen LogP contribution in [0.25, 0.3) is 5.82 Å². The molecule has 1 aliphatic rings. The minimum atomic E-state index is -0.0500. The maximum atomic E-state index is 13.3. The quantitative estimate of drug-likeness (QED) is 0.651. The molecule has 0 N–H and O–H groups in total. The van der Waals surface area contributed by atoms with E-state index in [9.17, 15) is 4.79 Å². The van der Waals surface area contributed by atoms with Crippen molar-refractivity contribution in [1.29, 1.82) is 0 Å². The molecule has 0 bridgehead atoms. The van der Waals surface area contributed by atoms with Gasteiger partial charge in [-0.25, -0.2) is 14.6 Å². The van der Waals surface area contributed by atoms with Gasteiger partial charge in [0.1, 0.15) is 12.1 Å². The maximum Gasteiger partial charge on any atom is 0.231 e. The standard InChI is InChI=1S/C23H28N6O/c1-4-28(20-10-6-5-7-11-20)23(30)19-9-8-12-27(15-19)21-14-22(25-16-24-21)29-18(3)13-17(2)26-29/h5-7,10-11,13-14,16,19H,4,8-9,12,15H2,1-3H3. The predicted octanol–water partition coefficient (Wildman–Crippen LogP) is 3.55.